The summed E-state index contributed by atoms with van der Waals surface area (Å²) in [5, 5.41) is 9.02. The van der Waals surface area contributed by atoms with E-state index in [1.165, 1.54) is 18.0 Å². The summed E-state index contributed by atoms with van der Waals surface area (Å²) in [4.78, 5) is 15.8. The van der Waals surface area contributed by atoms with Gasteiger partial charge < -0.3 is 9.84 Å². The van der Waals surface area contributed by atoms with E-state index in [0.29, 0.717) is 5.75 Å². The summed E-state index contributed by atoms with van der Waals surface area (Å²) < 4.78 is 5.63. The minimum Gasteiger partial charge on any atom is -0.476 e. The maximum Gasteiger partial charge on any atom is 0.358 e. The molecule has 0 saturated carbocycles. The van der Waals surface area contributed by atoms with Crippen molar-refractivity contribution in [2.45, 2.75) is 4.90 Å². The Kier molecular flexibility index (Phi) is 3.84. The lowest BCUT2D eigenvalue weighted by atomic mass is 10.3. The van der Waals surface area contributed by atoms with Gasteiger partial charge in [0.05, 0.1) is 0 Å². The summed E-state index contributed by atoms with van der Waals surface area (Å²) >= 11 is 1.54. The smallest absolute Gasteiger partial charge is 0.358 e. The minimum absolute atomic E-state index is 0.0894. The average Bonchev–Trinajstić information content (AvgIpc) is 2.40. The van der Waals surface area contributed by atoms with Crippen molar-refractivity contribution in [3.8, 4) is 11.5 Å². The molecule has 2 aromatic rings. The number of aromatic nitrogens is 1. The molecule has 1 aromatic heterocycles. The highest BCUT2D eigenvalue weighted by atomic mass is 32.2. The predicted octanol–water partition coefficient (Wildman–Crippen LogP) is 3.29. The van der Waals surface area contributed by atoms with E-state index in [1.54, 1.807) is 18.2 Å². The zero-order valence-electron chi connectivity index (χ0n) is 9.66. The highest BCUT2D eigenvalue weighted by Gasteiger charge is 2.14. The first-order valence-electron chi connectivity index (χ1n) is 5.21. The van der Waals surface area contributed by atoms with E-state index in [-0.39, 0.29) is 11.4 Å². The van der Waals surface area contributed by atoms with Crippen LogP contribution in [0.5, 0.6) is 11.5 Å². The minimum atomic E-state index is -1.10. The van der Waals surface area contributed by atoms with Gasteiger partial charge in [0, 0.05) is 11.1 Å². The number of benzene rings is 1. The van der Waals surface area contributed by atoms with Gasteiger partial charge in [-0.15, -0.1) is 11.8 Å². The lowest BCUT2D eigenvalue weighted by molar-refractivity contribution is 0.0687. The summed E-state index contributed by atoms with van der Waals surface area (Å²) in [6.45, 7) is 0. The van der Waals surface area contributed by atoms with Gasteiger partial charge in [0.1, 0.15) is 5.75 Å². The zero-order valence-corrected chi connectivity index (χ0v) is 10.5. The summed E-state index contributed by atoms with van der Waals surface area (Å²) in [7, 11) is 0. The SMILES string of the molecule is CSc1ccccc1Oc1cccnc1C(=O)O. The fourth-order valence-corrected chi connectivity index (χ4v) is 1.98. The molecule has 0 aliphatic heterocycles. The molecule has 92 valence electrons. The van der Waals surface area contributed by atoms with Crippen LogP contribution in [0.15, 0.2) is 47.5 Å². The van der Waals surface area contributed by atoms with Crippen LogP contribution in [-0.2, 0) is 0 Å². The number of carboxylic acids is 1. The van der Waals surface area contributed by atoms with Crippen molar-refractivity contribution >= 4 is 17.7 Å². The van der Waals surface area contributed by atoms with E-state index >= 15 is 0 Å². The Morgan fingerprint density at radius 3 is 2.67 bits per heavy atom. The molecule has 5 heteroatoms. The Hall–Kier alpha value is -2.01. The number of rotatable bonds is 4. The molecule has 0 amide bonds. The summed E-state index contributed by atoms with van der Waals surface area (Å²) in [6, 6.07) is 10.7. The molecule has 0 saturated heterocycles. The third-order valence-corrected chi connectivity index (χ3v) is 3.04. The number of hydrogen-bond acceptors (Lipinski definition) is 4. The van der Waals surface area contributed by atoms with Crippen LogP contribution >= 0.6 is 11.8 Å². The summed E-state index contributed by atoms with van der Waals surface area (Å²) in [6.07, 6.45) is 3.36. The Morgan fingerprint density at radius 2 is 1.94 bits per heavy atom. The molecule has 0 spiro atoms. The first kappa shape index (κ1) is 12.4. The second kappa shape index (κ2) is 5.55. The van der Waals surface area contributed by atoms with Gasteiger partial charge in [-0.25, -0.2) is 9.78 Å². The van der Waals surface area contributed by atoms with Gasteiger partial charge in [-0.05, 0) is 30.5 Å². The quantitative estimate of drug-likeness (QED) is 0.856. The van der Waals surface area contributed by atoms with Crippen molar-refractivity contribution in [3.05, 3.63) is 48.3 Å². The Morgan fingerprint density at radius 1 is 1.22 bits per heavy atom. The molecule has 0 radical (unpaired) electrons. The normalized spacial score (nSPS) is 10.1. The van der Waals surface area contributed by atoms with Crippen LogP contribution in [0.2, 0.25) is 0 Å². The third kappa shape index (κ3) is 2.62. The van der Waals surface area contributed by atoms with Crippen LogP contribution in [0.3, 0.4) is 0 Å². The molecule has 0 fully saturated rings. The summed E-state index contributed by atoms with van der Waals surface area (Å²) in [5.74, 6) is -0.237. The van der Waals surface area contributed by atoms with Gasteiger partial charge in [0.15, 0.2) is 11.4 Å². The molecule has 1 aromatic carbocycles. The Labute approximate surface area is 109 Å². The van der Waals surface area contributed by atoms with Gasteiger partial charge in [-0.2, -0.15) is 0 Å². The zero-order chi connectivity index (χ0) is 13.0. The molecule has 0 aliphatic rings. The number of thioether (sulfide) groups is 1. The molecule has 4 nitrogen and oxygen atoms in total. The second-order valence-electron chi connectivity index (χ2n) is 3.41. The molecule has 0 atom stereocenters. The maximum atomic E-state index is 11.0. The van der Waals surface area contributed by atoms with Gasteiger partial charge in [0.25, 0.3) is 0 Å². The lowest BCUT2D eigenvalue weighted by Crippen LogP contribution is -2.02. The van der Waals surface area contributed by atoms with Crippen molar-refractivity contribution in [3.63, 3.8) is 0 Å². The van der Waals surface area contributed by atoms with Gasteiger partial charge in [-0.3, -0.25) is 0 Å². The molecule has 1 N–H and O–H groups in total. The number of carboxylic acid groups (broad SMARTS) is 1. The van der Waals surface area contributed by atoms with E-state index in [9.17, 15) is 4.79 Å². The van der Waals surface area contributed by atoms with Crippen LogP contribution in [0.1, 0.15) is 10.5 Å². The molecule has 18 heavy (non-hydrogen) atoms. The Balaban J connectivity index is 2.37. The number of para-hydroxylation sites is 1. The number of carbonyl (C=O) groups is 1. The first-order valence-corrected chi connectivity index (χ1v) is 6.44. The average molecular weight is 261 g/mol. The lowest BCUT2D eigenvalue weighted by Gasteiger charge is -2.10. The topological polar surface area (TPSA) is 59.4 Å². The number of hydrogen-bond donors (Lipinski definition) is 1. The van der Waals surface area contributed by atoms with Crippen LogP contribution in [0.25, 0.3) is 0 Å². The van der Waals surface area contributed by atoms with Crippen LogP contribution in [0.4, 0.5) is 0 Å². The molecule has 0 bridgehead atoms. The van der Waals surface area contributed by atoms with E-state index < -0.39 is 5.97 Å². The first-order chi connectivity index (χ1) is 8.72. The van der Waals surface area contributed by atoms with Crippen LogP contribution < -0.4 is 4.74 Å². The van der Waals surface area contributed by atoms with E-state index in [0.717, 1.165) is 4.90 Å². The number of aromatic carboxylic acids is 1. The molecule has 1 heterocycles. The summed E-state index contributed by atoms with van der Waals surface area (Å²) in [5.41, 5.74) is -0.0894. The number of ether oxygens (including phenoxy) is 1. The maximum absolute atomic E-state index is 11.0. The highest BCUT2D eigenvalue weighted by molar-refractivity contribution is 7.98. The van der Waals surface area contributed by atoms with Crippen LogP contribution in [-0.4, -0.2) is 22.3 Å². The molecular weight excluding hydrogens is 250 g/mol. The van der Waals surface area contributed by atoms with E-state index in [2.05, 4.69) is 4.98 Å². The second-order valence-corrected chi connectivity index (χ2v) is 4.26. The van der Waals surface area contributed by atoms with Gasteiger partial charge in [0.2, 0.25) is 0 Å². The number of nitrogens with zero attached hydrogens (tertiary/aromatic N) is 1. The van der Waals surface area contributed by atoms with Crippen molar-refractivity contribution in [2.24, 2.45) is 0 Å². The monoisotopic (exact) mass is 261 g/mol. The van der Waals surface area contributed by atoms with E-state index in [1.807, 2.05) is 24.5 Å². The van der Waals surface area contributed by atoms with Crippen molar-refractivity contribution in [2.75, 3.05) is 6.26 Å². The van der Waals surface area contributed by atoms with Gasteiger partial charge in [-0.1, -0.05) is 12.1 Å². The third-order valence-electron chi connectivity index (χ3n) is 2.26. The standard InChI is InChI=1S/C13H11NO3S/c1-18-11-7-3-2-5-9(11)17-10-6-4-8-14-12(10)13(15)16/h2-8H,1H3,(H,15,16). The van der Waals surface area contributed by atoms with Crippen molar-refractivity contribution < 1.29 is 14.6 Å². The largest absolute Gasteiger partial charge is 0.476 e. The fraction of sp³-hybridized carbons (Fsp3) is 0.0769. The van der Waals surface area contributed by atoms with E-state index in [4.69, 9.17) is 9.84 Å². The fourth-order valence-electron chi connectivity index (χ4n) is 1.46. The van der Waals surface area contributed by atoms with Crippen molar-refractivity contribution in [1.29, 1.82) is 0 Å². The molecule has 0 unspecified atom stereocenters. The number of pyridine rings is 1. The predicted molar refractivity (Wildman–Crippen MR) is 69.5 cm³/mol. The van der Waals surface area contributed by atoms with Crippen LogP contribution in [0, 0.1) is 0 Å². The highest BCUT2D eigenvalue weighted by Crippen LogP contribution is 2.32. The van der Waals surface area contributed by atoms with Crippen molar-refractivity contribution in [1.82, 2.24) is 4.98 Å². The molecular formula is C13H11NO3S. The molecule has 2 rings (SSSR count). The van der Waals surface area contributed by atoms with Gasteiger partial charge >= 0.3 is 5.97 Å². The molecule has 0 aliphatic carbocycles. The Bertz CT molecular complexity index is 572.